The van der Waals surface area contributed by atoms with E-state index in [9.17, 15) is 12.8 Å². The first kappa shape index (κ1) is 14.2. The smallest absolute Gasteiger partial charge is 0.267 e. The highest BCUT2D eigenvalue weighted by Crippen LogP contribution is 2.26. The van der Waals surface area contributed by atoms with E-state index in [4.69, 9.17) is 5.84 Å². The molecule has 0 aliphatic carbocycles. The second-order valence-electron chi connectivity index (χ2n) is 3.97. The molecule has 0 atom stereocenters. The van der Waals surface area contributed by atoms with Gasteiger partial charge in [-0.3, -0.25) is 15.1 Å². The van der Waals surface area contributed by atoms with Crippen molar-refractivity contribution in [3.05, 3.63) is 48.5 Å². The van der Waals surface area contributed by atoms with E-state index in [1.54, 1.807) is 0 Å². The fraction of sp³-hybridized carbons (Fsp3) is 0.0833. The van der Waals surface area contributed by atoms with Crippen LogP contribution in [0.25, 0.3) is 0 Å². The first-order chi connectivity index (χ1) is 9.46. The summed E-state index contributed by atoms with van der Waals surface area (Å²) in [7, 11) is -2.56. The topological polar surface area (TPSA) is 88.3 Å². The van der Waals surface area contributed by atoms with Gasteiger partial charge in [0.2, 0.25) is 0 Å². The van der Waals surface area contributed by atoms with Crippen molar-refractivity contribution in [2.45, 2.75) is 4.90 Å². The molecule has 0 aliphatic rings. The van der Waals surface area contributed by atoms with Gasteiger partial charge in [-0.2, -0.15) is 0 Å². The molecule has 0 amide bonds. The first-order valence-electron chi connectivity index (χ1n) is 5.62. The Balaban J connectivity index is 2.50. The summed E-state index contributed by atoms with van der Waals surface area (Å²) >= 11 is 0. The van der Waals surface area contributed by atoms with E-state index in [1.807, 2.05) is 0 Å². The molecule has 0 saturated heterocycles. The summed E-state index contributed by atoms with van der Waals surface area (Å²) in [5.41, 5.74) is 2.72. The summed E-state index contributed by atoms with van der Waals surface area (Å²) in [6.07, 6.45) is 2.59. The van der Waals surface area contributed by atoms with Gasteiger partial charge >= 0.3 is 0 Å². The lowest BCUT2D eigenvalue weighted by Crippen LogP contribution is -2.28. The molecule has 2 aromatic rings. The van der Waals surface area contributed by atoms with Gasteiger partial charge in [0.25, 0.3) is 10.0 Å². The van der Waals surface area contributed by atoms with E-state index in [-0.39, 0.29) is 16.3 Å². The minimum atomic E-state index is -3.89. The zero-order chi connectivity index (χ0) is 14.8. The average molecular weight is 296 g/mol. The molecule has 20 heavy (non-hydrogen) atoms. The minimum Gasteiger partial charge on any atom is -0.323 e. The summed E-state index contributed by atoms with van der Waals surface area (Å²) in [6.45, 7) is 0. The molecule has 0 aliphatic heterocycles. The largest absolute Gasteiger partial charge is 0.323 e. The molecule has 0 bridgehead atoms. The molecule has 2 rings (SSSR count). The molecule has 0 radical (unpaired) electrons. The summed E-state index contributed by atoms with van der Waals surface area (Å²) < 4.78 is 39.1. The molecule has 3 N–H and O–H groups in total. The molecular formula is C12H13FN4O2S. The van der Waals surface area contributed by atoms with Crippen LogP contribution in [-0.2, 0) is 10.0 Å². The molecule has 6 nitrogen and oxygen atoms in total. The maximum atomic E-state index is 13.2. The van der Waals surface area contributed by atoms with Crippen LogP contribution in [0.4, 0.5) is 15.8 Å². The van der Waals surface area contributed by atoms with Crippen molar-refractivity contribution in [3.8, 4) is 0 Å². The standard InChI is InChI=1S/C12H13FN4O2S/c1-17(10-4-2-3-9(13)7-10)20(18,19)12-8-15-6-5-11(12)16-14/h2-8H,14H2,1H3,(H,15,16). The van der Waals surface area contributed by atoms with Gasteiger partial charge in [0.15, 0.2) is 0 Å². The number of pyridine rings is 1. The lowest BCUT2D eigenvalue weighted by Gasteiger charge is -2.20. The molecule has 0 fully saturated rings. The normalized spacial score (nSPS) is 11.2. The summed E-state index contributed by atoms with van der Waals surface area (Å²) in [5.74, 6) is 4.77. The highest BCUT2D eigenvalue weighted by molar-refractivity contribution is 7.93. The number of hydrogen-bond acceptors (Lipinski definition) is 5. The predicted octanol–water partition coefficient (Wildman–Crippen LogP) is 1.33. The molecular weight excluding hydrogens is 283 g/mol. The predicted molar refractivity (Wildman–Crippen MR) is 74.0 cm³/mol. The van der Waals surface area contributed by atoms with Crippen LogP contribution >= 0.6 is 0 Å². The van der Waals surface area contributed by atoms with Crippen LogP contribution in [0.5, 0.6) is 0 Å². The van der Waals surface area contributed by atoms with Gasteiger partial charge in [-0.05, 0) is 24.3 Å². The van der Waals surface area contributed by atoms with Crippen molar-refractivity contribution < 1.29 is 12.8 Å². The van der Waals surface area contributed by atoms with Crippen molar-refractivity contribution in [1.29, 1.82) is 0 Å². The number of nitrogens with two attached hydrogens (primary N) is 1. The van der Waals surface area contributed by atoms with Gasteiger partial charge in [-0.25, -0.2) is 12.8 Å². The Hall–Kier alpha value is -2.19. The molecule has 106 valence electrons. The highest BCUT2D eigenvalue weighted by atomic mass is 32.2. The number of halogens is 1. The quantitative estimate of drug-likeness (QED) is 0.656. The first-order valence-corrected chi connectivity index (χ1v) is 7.06. The minimum absolute atomic E-state index is 0.0886. The molecule has 1 aromatic carbocycles. The average Bonchev–Trinajstić information content (AvgIpc) is 2.46. The van der Waals surface area contributed by atoms with E-state index in [1.165, 1.54) is 43.7 Å². The number of benzene rings is 1. The number of nitrogen functional groups attached to an aromatic ring is 1. The Bertz CT molecular complexity index is 721. The van der Waals surface area contributed by atoms with E-state index < -0.39 is 15.8 Å². The van der Waals surface area contributed by atoms with Crippen molar-refractivity contribution in [2.24, 2.45) is 5.84 Å². The molecule has 8 heteroatoms. The number of sulfonamides is 1. The fourth-order valence-corrected chi connectivity index (χ4v) is 2.95. The maximum Gasteiger partial charge on any atom is 0.267 e. The number of aromatic nitrogens is 1. The number of nitrogens with one attached hydrogen (secondary N) is 1. The molecule has 0 spiro atoms. The SMILES string of the molecule is CN(c1cccc(F)c1)S(=O)(=O)c1cnccc1NN. The monoisotopic (exact) mass is 296 g/mol. The Morgan fingerprint density at radius 2 is 2.10 bits per heavy atom. The lowest BCUT2D eigenvalue weighted by molar-refractivity contribution is 0.594. The Kier molecular flexibility index (Phi) is 3.86. The van der Waals surface area contributed by atoms with Crippen LogP contribution in [-0.4, -0.2) is 20.4 Å². The van der Waals surface area contributed by atoms with Crippen LogP contribution in [0.1, 0.15) is 0 Å². The second kappa shape index (κ2) is 5.43. The number of hydrazine groups is 1. The van der Waals surface area contributed by atoms with E-state index >= 15 is 0 Å². The van der Waals surface area contributed by atoms with Crippen molar-refractivity contribution in [3.63, 3.8) is 0 Å². The third-order valence-corrected chi connectivity index (χ3v) is 4.56. The fourth-order valence-electron chi connectivity index (χ4n) is 1.66. The number of hydrogen-bond donors (Lipinski definition) is 2. The zero-order valence-corrected chi connectivity index (χ0v) is 11.4. The van der Waals surface area contributed by atoms with Gasteiger partial charge in [0.05, 0.1) is 11.4 Å². The third-order valence-electron chi connectivity index (χ3n) is 2.75. The maximum absolute atomic E-state index is 13.2. The Labute approximate surface area is 116 Å². The molecule has 1 heterocycles. The van der Waals surface area contributed by atoms with Crippen LogP contribution in [0.15, 0.2) is 47.6 Å². The number of anilines is 2. The zero-order valence-electron chi connectivity index (χ0n) is 10.6. The van der Waals surface area contributed by atoms with Crippen molar-refractivity contribution in [2.75, 3.05) is 16.8 Å². The van der Waals surface area contributed by atoms with Gasteiger partial charge in [0.1, 0.15) is 10.7 Å². The van der Waals surface area contributed by atoms with Crippen LogP contribution in [0.3, 0.4) is 0 Å². The van der Waals surface area contributed by atoms with E-state index in [0.29, 0.717) is 0 Å². The van der Waals surface area contributed by atoms with Gasteiger partial charge in [-0.15, -0.1) is 0 Å². The summed E-state index contributed by atoms with van der Waals surface area (Å²) in [5, 5.41) is 0. The highest BCUT2D eigenvalue weighted by Gasteiger charge is 2.24. The summed E-state index contributed by atoms with van der Waals surface area (Å²) in [6, 6.07) is 6.73. The van der Waals surface area contributed by atoms with Gasteiger partial charge in [0, 0.05) is 19.4 Å². The third kappa shape index (κ3) is 2.56. The second-order valence-corrected chi connectivity index (χ2v) is 5.91. The van der Waals surface area contributed by atoms with E-state index in [0.717, 1.165) is 10.4 Å². The van der Waals surface area contributed by atoms with Gasteiger partial charge < -0.3 is 5.43 Å². The lowest BCUT2D eigenvalue weighted by atomic mass is 10.3. The van der Waals surface area contributed by atoms with Crippen LogP contribution in [0, 0.1) is 5.82 Å². The van der Waals surface area contributed by atoms with E-state index in [2.05, 4.69) is 10.4 Å². The Morgan fingerprint density at radius 3 is 2.75 bits per heavy atom. The summed E-state index contributed by atoms with van der Waals surface area (Å²) in [4.78, 5) is 3.69. The van der Waals surface area contributed by atoms with Gasteiger partial charge in [-0.1, -0.05) is 6.07 Å². The molecule has 0 saturated carbocycles. The van der Waals surface area contributed by atoms with Crippen LogP contribution < -0.4 is 15.6 Å². The number of rotatable bonds is 4. The molecule has 1 aromatic heterocycles. The molecule has 0 unspecified atom stereocenters. The van der Waals surface area contributed by atoms with Crippen LogP contribution in [0.2, 0.25) is 0 Å². The van der Waals surface area contributed by atoms with Crippen molar-refractivity contribution >= 4 is 21.4 Å². The Morgan fingerprint density at radius 1 is 1.35 bits per heavy atom. The van der Waals surface area contributed by atoms with Crippen molar-refractivity contribution in [1.82, 2.24) is 4.98 Å². The number of nitrogens with zero attached hydrogens (tertiary/aromatic N) is 2.